The summed E-state index contributed by atoms with van der Waals surface area (Å²) in [5, 5.41) is 3.38. The van der Waals surface area contributed by atoms with Crippen molar-refractivity contribution in [2.24, 2.45) is 5.92 Å². The lowest BCUT2D eigenvalue weighted by Gasteiger charge is -2.54. The number of nitrogens with one attached hydrogen (secondary N) is 1. The first-order valence-corrected chi connectivity index (χ1v) is 10.2. The van der Waals surface area contributed by atoms with Gasteiger partial charge >= 0.3 is 0 Å². The first kappa shape index (κ1) is 19.4. The largest absolute Gasteiger partial charge is 0.338 e. The van der Waals surface area contributed by atoms with E-state index in [9.17, 15) is 4.79 Å². The van der Waals surface area contributed by atoms with Gasteiger partial charge in [-0.05, 0) is 71.1 Å². The average Bonchev–Trinajstić information content (AvgIpc) is 2.62. The maximum atomic E-state index is 12.0. The van der Waals surface area contributed by atoms with Crippen molar-refractivity contribution in [1.82, 2.24) is 15.1 Å². The Labute approximate surface area is 158 Å². The molecule has 2 fully saturated rings. The third kappa shape index (κ3) is 3.54. The van der Waals surface area contributed by atoms with Gasteiger partial charge in [-0.15, -0.1) is 0 Å². The fourth-order valence-corrected chi connectivity index (χ4v) is 5.07. The standard InChI is InChI=1S/C22H35N3O/c1-23-17-21(25(18-26)16-19-8-7-9-19)12-14-22(15-13-21,24(2)3)20-10-5-4-6-11-20/h4-6,10-11,18-19,23H,7-9,12-17H2,1-3H3. The summed E-state index contributed by atoms with van der Waals surface area (Å²) in [7, 11) is 6.41. The van der Waals surface area contributed by atoms with Crippen molar-refractivity contribution in [3.63, 3.8) is 0 Å². The predicted molar refractivity (Wildman–Crippen MR) is 107 cm³/mol. The molecule has 1 aromatic rings. The zero-order valence-corrected chi connectivity index (χ0v) is 16.7. The van der Waals surface area contributed by atoms with Gasteiger partial charge in [0.25, 0.3) is 0 Å². The molecule has 0 aromatic heterocycles. The summed E-state index contributed by atoms with van der Waals surface area (Å²) in [5.41, 5.74) is 1.43. The summed E-state index contributed by atoms with van der Waals surface area (Å²) >= 11 is 0. The number of hydrogen-bond donors (Lipinski definition) is 1. The first-order valence-electron chi connectivity index (χ1n) is 10.2. The second-order valence-corrected chi connectivity index (χ2v) is 8.60. The Morgan fingerprint density at radius 1 is 1.12 bits per heavy atom. The van der Waals surface area contributed by atoms with Crippen LogP contribution in [0, 0.1) is 5.92 Å². The van der Waals surface area contributed by atoms with E-state index in [0.29, 0.717) is 5.92 Å². The van der Waals surface area contributed by atoms with Gasteiger partial charge in [-0.25, -0.2) is 0 Å². The van der Waals surface area contributed by atoms with Crippen LogP contribution in [-0.4, -0.2) is 56.0 Å². The topological polar surface area (TPSA) is 35.6 Å². The maximum absolute atomic E-state index is 12.0. The fraction of sp³-hybridized carbons (Fsp3) is 0.682. The number of carbonyl (C=O) groups excluding carboxylic acids is 1. The third-order valence-electron chi connectivity index (χ3n) is 7.10. The number of amides is 1. The normalized spacial score (nSPS) is 29.4. The second-order valence-electron chi connectivity index (χ2n) is 8.60. The molecule has 0 saturated heterocycles. The molecule has 1 aromatic carbocycles. The molecule has 4 nitrogen and oxygen atoms in total. The molecule has 2 saturated carbocycles. The van der Waals surface area contributed by atoms with E-state index in [1.54, 1.807) is 0 Å². The Morgan fingerprint density at radius 2 is 1.77 bits per heavy atom. The molecular weight excluding hydrogens is 322 g/mol. The van der Waals surface area contributed by atoms with Crippen LogP contribution in [-0.2, 0) is 10.3 Å². The minimum Gasteiger partial charge on any atom is -0.338 e. The minimum atomic E-state index is -0.0413. The molecule has 0 radical (unpaired) electrons. The van der Waals surface area contributed by atoms with Gasteiger partial charge in [-0.2, -0.15) is 0 Å². The van der Waals surface area contributed by atoms with Crippen molar-refractivity contribution in [1.29, 1.82) is 0 Å². The van der Waals surface area contributed by atoms with Crippen LogP contribution in [0.3, 0.4) is 0 Å². The maximum Gasteiger partial charge on any atom is 0.210 e. The molecule has 144 valence electrons. The van der Waals surface area contributed by atoms with Gasteiger partial charge in [-0.1, -0.05) is 36.8 Å². The molecule has 2 aliphatic rings. The van der Waals surface area contributed by atoms with Crippen LogP contribution in [0.1, 0.15) is 50.5 Å². The summed E-state index contributed by atoms with van der Waals surface area (Å²) in [6.45, 7) is 1.82. The quantitative estimate of drug-likeness (QED) is 0.726. The van der Waals surface area contributed by atoms with Crippen LogP contribution in [0.4, 0.5) is 0 Å². The monoisotopic (exact) mass is 357 g/mol. The van der Waals surface area contributed by atoms with Gasteiger partial charge in [-0.3, -0.25) is 9.69 Å². The van der Waals surface area contributed by atoms with E-state index < -0.39 is 0 Å². The number of benzene rings is 1. The van der Waals surface area contributed by atoms with E-state index >= 15 is 0 Å². The van der Waals surface area contributed by atoms with Crippen molar-refractivity contribution in [3.8, 4) is 0 Å². The van der Waals surface area contributed by atoms with E-state index in [2.05, 4.69) is 59.5 Å². The van der Waals surface area contributed by atoms with Crippen molar-refractivity contribution >= 4 is 6.41 Å². The summed E-state index contributed by atoms with van der Waals surface area (Å²) < 4.78 is 0. The van der Waals surface area contributed by atoms with Gasteiger partial charge in [0.15, 0.2) is 0 Å². The molecule has 1 amide bonds. The molecule has 1 N–H and O–H groups in total. The lowest BCUT2D eigenvalue weighted by atomic mass is 9.67. The Bertz CT molecular complexity index is 574. The number of nitrogens with zero attached hydrogens (tertiary/aromatic N) is 2. The predicted octanol–water partition coefficient (Wildman–Crippen LogP) is 3.23. The summed E-state index contributed by atoms with van der Waals surface area (Å²) in [6.07, 6.45) is 9.28. The van der Waals surface area contributed by atoms with Crippen molar-refractivity contribution in [3.05, 3.63) is 35.9 Å². The number of hydrogen-bond acceptors (Lipinski definition) is 3. The molecule has 0 bridgehead atoms. The van der Waals surface area contributed by atoms with Crippen LogP contribution >= 0.6 is 0 Å². The minimum absolute atomic E-state index is 0.0413. The number of rotatable bonds is 8. The van der Waals surface area contributed by atoms with Gasteiger partial charge < -0.3 is 10.2 Å². The highest BCUT2D eigenvalue weighted by molar-refractivity contribution is 5.49. The lowest BCUT2D eigenvalue weighted by molar-refractivity contribution is -0.128. The molecule has 0 atom stereocenters. The molecule has 2 aliphatic carbocycles. The van der Waals surface area contributed by atoms with Crippen LogP contribution in [0.5, 0.6) is 0 Å². The molecule has 4 heteroatoms. The Morgan fingerprint density at radius 3 is 2.23 bits per heavy atom. The highest BCUT2D eigenvalue weighted by Crippen LogP contribution is 2.46. The van der Waals surface area contributed by atoms with E-state index in [0.717, 1.165) is 45.2 Å². The van der Waals surface area contributed by atoms with Gasteiger partial charge in [0, 0.05) is 18.6 Å². The highest BCUT2D eigenvalue weighted by atomic mass is 16.1. The highest BCUT2D eigenvalue weighted by Gasteiger charge is 2.47. The first-order chi connectivity index (χ1) is 12.6. The van der Waals surface area contributed by atoms with Crippen LogP contribution < -0.4 is 5.32 Å². The van der Waals surface area contributed by atoms with Crippen molar-refractivity contribution in [2.75, 3.05) is 34.2 Å². The number of likely N-dealkylation sites (N-methyl/N-ethyl adjacent to an activating group) is 1. The molecule has 0 aliphatic heterocycles. The SMILES string of the molecule is CNCC1(N(C=O)CC2CCC2)CCC(c2ccccc2)(N(C)C)CC1. The zero-order chi connectivity index (χ0) is 18.6. The Hall–Kier alpha value is -1.39. The number of carbonyl (C=O) groups is 1. The average molecular weight is 358 g/mol. The fourth-order valence-electron chi connectivity index (χ4n) is 5.07. The molecular formula is C22H35N3O. The zero-order valence-electron chi connectivity index (χ0n) is 16.7. The Kier molecular flexibility index (Phi) is 6.03. The summed E-state index contributed by atoms with van der Waals surface area (Å²) in [5.74, 6) is 0.712. The van der Waals surface area contributed by atoms with Gasteiger partial charge in [0.1, 0.15) is 0 Å². The molecule has 0 spiro atoms. The van der Waals surface area contributed by atoms with E-state index in [4.69, 9.17) is 0 Å². The summed E-state index contributed by atoms with van der Waals surface area (Å²) in [4.78, 5) is 16.6. The van der Waals surface area contributed by atoms with Crippen molar-refractivity contribution < 1.29 is 4.79 Å². The van der Waals surface area contributed by atoms with E-state index in [1.807, 2.05) is 7.05 Å². The smallest absolute Gasteiger partial charge is 0.210 e. The van der Waals surface area contributed by atoms with Crippen LogP contribution in [0.15, 0.2) is 30.3 Å². The Balaban J connectivity index is 1.81. The molecule has 26 heavy (non-hydrogen) atoms. The second kappa shape index (κ2) is 8.10. The van der Waals surface area contributed by atoms with E-state index in [1.165, 1.54) is 24.8 Å². The molecule has 0 heterocycles. The third-order valence-corrected chi connectivity index (χ3v) is 7.10. The van der Waals surface area contributed by atoms with Crippen molar-refractivity contribution in [2.45, 2.75) is 56.0 Å². The van der Waals surface area contributed by atoms with Crippen LogP contribution in [0.2, 0.25) is 0 Å². The van der Waals surface area contributed by atoms with Gasteiger partial charge in [0.05, 0.1) is 5.54 Å². The molecule has 0 unspecified atom stereocenters. The van der Waals surface area contributed by atoms with Crippen LogP contribution in [0.25, 0.3) is 0 Å². The van der Waals surface area contributed by atoms with Gasteiger partial charge in [0.2, 0.25) is 6.41 Å². The van der Waals surface area contributed by atoms with E-state index in [-0.39, 0.29) is 11.1 Å². The lowest BCUT2D eigenvalue weighted by Crippen LogP contribution is -2.60. The summed E-state index contributed by atoms with van der Waals surface area (Å²) in [6, 6.07) is 10.9. The molecule has 3 rings (SSSR count).